The summed E-state index contributed by atoms with van der Waals surface area (Å²) >= 11 is 0. The van der Waals surface area contributed by atoms with Crippen molar-refractivity contribution in [2.45, 2.75) is 6.54 Å². The lowest BCUT2D eigenvalue weighted by atomic mass is 10.0. The Hall–Kier alpha value is -4.48. The van der Waals surface area contributed by atoms with Crippen LogP contribution >= 0.6 is 0 Å². The van der Waals surface area contributed by atoms with E-state index in [4.69, 9.17) is 0 Å². The van der Waals surface area contributed by atoms with E-state index in [0.717, 1.165) is 50.6 Å². The van der Waals surface area contributed by atoms with E-state index >= 15 is 0 Å². The fraction of sp³-hybridized carbons (Fsp3) is 0.0769. The molecule has 6 rings (SSSR count). The van der Waals surface area contributed by atoms with Crippen LogP contribution in [0.15, 0.2) is 73.4 Å². The van der Waals surface area contributed by atoms with Crippen molar-refractivity contribution in [1.82, 2.24) is 34.9 Å². The van der Waals surface area contributed by atoms with Gasteiger partial charge in [-0.15, -0.1) is 0 Å². The Balaban J connectivity index is 1.44. The summed E-state index contributed by atoms with van der Waals surface area (Å²) in [6.07, 6.45) is 7.71. The molecule has 0 amide bonds. The molecule has 6 aromatic rings. The SMILES string of the molecule is CS(=O)(=O)NCc1cc(F)cc(-c2ccnc3[nH]c(-c4n[nH]c5ccc(-c6cncnc6)cc45)cc23)c1. The van der Waals surface area contributed by atoms with Crippen molar-refractivity contribution in [3.05, 3.63) is 84.8 Å². The fourth-order valence-electron chi connectivity index (χ4n) is 4.38. The Bertz CT molecular complexity index is 1880. The molecule has 9 nitrogen and oxygen atoms in total. The molecule has 37 heavy (non-hydrogen) atoms. The zero-order valence-corrected chi connectivity index (χ0v) is 20.3. The van der Waals surface area contributed by atoms with Gasteiger partial charge in [0.1, 0.15) is 23.5 Å². The Morgan fingerprint density at radius 1 is 0.946 bits per heavy atom. The van der Waals surface area contributed by atoms with E-state index in [0.29, 0.717) is 16.8 Å². The smallest absolute Gasteiger partial charge is 0.209 e. The number of halogens is 1. The third-order valence-corrected chi connectivity index (χ3v) is 6.72. The molecule has 0 bridgehead atoms. The van der Waals surface area contributed by atoms with Crippen LogP contribution in [0.4, 0.5) is 4.39 Å². The van der Waals surface area contributed by atoms with Crippen LogP contribution in [-0.4, -0.2) is 44.8 Å². The number of hydrogen-bond donors (Lipinski definition) is 3. The Morgan fingerprint density at radius 3 is 2.59 bits per heavy atom. The van der Waals surface area contributed by atoms with E-state index in [1.54, 1.807) is 30.7 Å². The number of nitrogens with zero attached hydrogens (tertiary/aromatic N) is 4. The zero-order valence-electron chi connectivity index (χ0n) is 19.5. The molecule has 2 aromatic carbocycles. The van der Waals surface area contributed by atoms with Crippen LogP contribution in [0.3, 0.4) is 0 Å². The lowest BCUT2D eigenvalue weighted by Gasteiger charge is -2.08. The second-order valence-electron chi connectivity index (χ2n) is 8.70. The van der Waals surface area contributed by atoms with Crippen molar-refractivity contribution in [2.75, 3.05) is 6.26 Å². The molecule has 0 atom stereocenters. The van der Waals surface area contributed by atoms with Gasteiger partial charge in [-0.2, -0.15) is 5.10 Å². The van der Waals surface area contributed by atoms with Crippen molar-refractivity contribution < 1.29 is 12.8 Å². The molecule has 0 saturated heterocycles. The molecule has 3 N–H and O–H groups in total. The van der Waals surface area contributed by atoms with E-state index in [1.165, 1.54) is 18.5 Å². The lowest BCUT2D eigenvalue weighted by molar-refractivity contribution is 0.586. The summed E-state index contributed by atoms with van der Waals surface area (Å²) in [6.45, 7) is -0.00967. The minimum atomic E-state index is -3.41. The predicted molar refractivity (Wildman–Crippen MR) is 139 cm³/mol. The number of aromatic nitrogens is 6. The molecule has 0 unspecified atom stereocenters. The Morgan fingerprint density at radius 2 is 1.78 bits per heavy atom. The molecule has 0 fully saturated rings. The summed E-state index contributed by atoms with van der Waals surface area (Å²) in [5.74, 6) is -0.459. The van der Waals surface area contributed by atoms with Crippen LogP contribution < -0.4 is 4.72 Å². The zero-order chi connectivity index (χ0) is 25.6. The minimum absolute atomic E-state index is 0.00967. The monoisotopic (exact) mass is 513 g/mol. The Labute approximate surface area is 210 Å². The van der Waals surface area contributed by atoms with Gasteiger partial charge >= 0.3 is 0 Å². The molecule has 0 spiro atoms. The molecule has 4 heterocycles. The molecular weight excluding hydrogens is 493 g/mol. The van der Waals surface area contributed by atoms with Crippen molar-refractivity contribution >= 4 is 32.0 Å². The number of rotatable bonds is 6. The van der Waals surface area contributed by atoms with Crippen LogP contribution in [0.5, 0.6) is 0 Å². The third kappa shape index (κ3) is 4.57. The normalized spacial score (nSPS) is 11.9. The minimum Gasteiger partial charge on any atom is -0.338 e. The molecule has 0 radical (unpaired) electrons. The maximum absolute atomic E-state index is 14.5. The van der Waals surface area contributed by atoms with Gasteiger partial charge in [-0.05, 0) is 64.7 Å². The first kappa shape index (κ1) is 23.0. The van der Waals surface area contributed by atoms with Crippen LogP contribution in [0, 0.1) is 5.82 Å². The van der Waals surface area contributed by atoms with Gasteiger partial charge in [0, 0.05) is 41.5 Å². The highest BCUT2D eigenvalue weighted by atomic mass is 32.2. The van der Waals surface area contributed by atoms with E-state index in [9.17, 15) is 12.8 Å². The van der Waals surface area contributed by atoms with Crippen molar-refractivity contribution in [3.8, 4) is 33.6 Å². The third-order valence-electron chi connectivity index (χ3n) is 6.05. The predicted octanol–water partition coefficient (Wildman–Crippen LogP) is 4.42. The van der Waals surface area contributed by atoms with Gasteiger partial charge in [0.05, 0.1) is 17.5 Å². The molecule has 0 aliphatic carbocycles. The van der Waals surface area contributed by atoms with Crippen molar-refractivity contribution in [1.29, 1.82) is 0 Å². The van der Waals surface area contributed by atoms with Crippen LogP contribution in [0.25, 0.3) is 55.6 Å². The number of fused-ring (bicyclic) bond motifs is 2. The van der Waals surface area contributed by atoms with Crippen LogP contribution in [0.2, 0.25) is 0 Å². The molecule has 11 heteroatoms. The van der Waals surface area contributed by atoms with E-state index < -0.39 is 15.8 Å². The topological polar surface area (TPSA) is 129 Å². The van der Waals surface area contributed by atoms with Crippen molar-refractivity contribution in [3.63, 3.8) is 0 Å². The molecule has 0 saturated carbocycles. The highest BCUT2D eigenvalue weighted by Crippen LogP contribution is 2.35. The number of H-pyrrole nitrogens is 2. The van der Waals surface area contributed by atoms with E-state index in [-0.39, 0.29) is 6.54 Å². The summed E-state index contributed by atoms with van der Waals surface area (Å²) in [4.78, 5) is 16.0. The van der Waals surface area contributed by atoms with Gasteiger partial charge in [0.15, 0.2) is 0 Å². The van der Waals surface area contributed by atoms with E-state index in [1.807, 2.05) is 24.3 Å². The second kappa shape index (κ2) is 8.87. The standard InChI is InChI=1S/C26H20FN7O2S/c1-37(35,36)31-11-15-6-17(8-19(27)7-15)20-4-5-30-26-21(20)10-24(32-26)25-22-9-16(2-3-23(22)33-34-25)18-12-28-14-29-13-18/h2-10,12-14,31H,11H2,1H3,(H,30,32)(H,33,34). The number of nitrogens with one attached hydrogen (secondary N) is 3. The molecule has 4 aromatic heterocycles. The van der Waals surface area contributed by atoms with Crippen LogP contribution in [-0.2, 0) is 16.6 Å². The van der Waals surface area contributed by atoms with Gasteiger partial charge in [0.25, 0.3) is 0 Å². The highest BCUT2D eigenvalue weighted by Gasteiger charge is 2.16. The molecular formula is C26H20FN7O2S. The number of benzene rings is 2. The molecule has 184 valence electrons. The summed E-state index contributed by atoms with van der Waals surface area (Å²) in [5, 5.41) is 9.30. The van der Waals surface area contributed by atoms with Gasteiger partial charge in [-0.3, -0.25) is 5.10 Å². The number of pyridine rings is 1. The summed E-state index contributed by atoms with van der Waals surface area (Å²) in [7, 11) is -3.41. The maximum atomic E-state index is 14.5. The summed E-state index contributed by atoms with van der Waals surface area (Å²) < 4.78 is 39.9. The first-order valence-corrected chi connectivity index (χ1v) is 13.2. The average Bonchev–Trinajstić information content (AvgIpc) is 3.51. The van der Waals surface area contributed by atoms with Gasteiger partial charge in [0.2, 0.25) is 10.0 Å². The summed E-state index contributed by atoms with van der Waals surface area (Å²) in [6, 6.07) is 14.2. The molecule has 0 aliphatic heterocycles. The number of hydrogen-bond acceptors (Lipinski definition) is 6. The highest BCUT2D eigenvalue weighted by molar-refractivity contribution is 7.88. The average molecular weight is 514 g/mol. The largest absolute Gasteiger partial charge is 0.338 e. The first-order valence-electron chi connectivity index (χ1n) is 11.3. The molecule has 0 aliphatic rings. The first-order chi connectivity index (χ1) is 17.8. The number of aromatic amines is 2. The second-order valence-corrected chi connectivity index (χ2v) is 10.5. The lowest BCUT2D eigenvalue weighted by Crippen LogP contribution is -2.21. The van der Waals surface area contributed by atoms with Gasteiger partial charge in [-0.25, -0.2) is 32.5 Å². The quantitative estimate of drug-likeness (QED) is 0.302. The van der Waals surface area contributed by atoms with Crippen molar-refractivity contribution in [2.24, 2.45) is 0 Å². The van der Waals surface area contributed by atoms with Gasteiger partial charge < -0.3 is 4.98 Å². The van der Waals surface area contributed by atoms with E-state index in [2.05, 4.69) is 34.9 Å². The van der Waals surface area contributed by atoms with Gasteiger partial charge in [-0.1, -0.05) is 6.07 Å². The maximum Gasteiger partial charge on any atom is 0.209 e. The van der Waals surface area contributed by atoms with Crippen LogP contribution in [0.1, 0.15) is 5.56 Å². The number of sulfonamides is 1. The Kier molecular flexibility index (Phi) is 5.50. The summed E-state index contributed by atoms with van der Waals surface area (Å²) in [5.41, 5.74) is 6.69. The fourth-order valence-corrected chi connectivity index (χ4v) is 4.80.